The number of nitrogens with zero attached hydrogens (tertiary/aromatic N) is 3. The normalized spacial score (nSPS) is 14.8. The van der Waals surface area contributed by atoms with Gasteiger partial charge in [-0.1, -0.05) is 36.4 Å². The fraction of sp³-hybridized carbons (Fsp3) is 0.333. The van der Waals surface area contributed by atoms with Crippen molar-refractivity contribution in [3.05, 3.63) is 70.8 Å². The number of para-hydroxylation sites is 2. The monoisotopic (exact) mass is 467 g/mol. The lowest BCUT2D eigenvalue weighted by Gasteiger charge is -2.35. The summed E-state index contributed by atoms with van der Waals surface area (Å²) in [6, 6.07) is 18.2. The molecule has 0 unspecified atom stereocenters. The Labute approximate surface area is 185 Å². The van der Waals surface area contributed by atoms with Crippen LogP contribution in [0, 0.1) is 0 Å². The Morgan fingerprint density at radius 3 is 2.63 bits per heavy atom. The van der Waals surface area contributed by atoms with Gasteiger partial charge in [0.05, 0.1) is 16.6 Å². The van der Waals surface area contributed by atoms with Crippen LogP contribution in [0.4, 0.5) is 0 Å². The number of aromatic nitrogens is 1. The van der Waals surface area contributed by atoms with Gasteiger partial charge < -0.3 is 9.64 Å². The van der Waals surface area contributed by atoms with Crippen molar-refractivity contribution < 1.29 is 9.53 Å². The number of fused-ring (bicyclic) bond motifs is 1. The van der Waals surface area contributed by atoms with Gasteiger partial charge in [-0.25, -0.2) is 0 Å². The fourth-order valence-corrected chi connectivity index (χ4v) is 4.22. The van der Waals surface area contributed by atoms with Crippen molar-refractivity contribution in [3.8, 4) is 5.75 Å². The van der Waals surface area contributed by atoms with E-state index in [0.717, 1.165) is 54.9 Å². The second-order valence-electron chi connectivity index (χ2n) is 7.53. The highest BCUT2D eigenvalue weighted by atomic mass is 79.9. The summed E-state index contributed by atoms with van der Waals surface area (Å²) < 4.78 is 6.70. The minimum absolute atomic E-state index is 0.220. The molecule has 1 aromatic heterocycles. The van der Waals surface area contributed by atoms with E-state index in [2.05, 4.69) is 50.1 Å². The highest BCUT2D eigenvalue weighted by Crippen LogP contribution is 2.24. The first-order chi connectivity index (χ1) is 14.7. The number of rotatable bonds is 7. The number of carbonyl (C=O) groups excluding carboxylic acids is 1. The third-order valence-corrected chi connectivity index (χ3v) is 6.12. The van der Waals surface area contributed by atoms with Gasteiger partial charge in [-0.2, -0.15) is 0 Å². The van der Waals surface area contributed by atoms with Gasteiger partial charge in [0.25, 0.3) is 0 Å². The van der Waals surface area contributed by atoms with E-state index in [1.54, 1.807) is 0 Å². The van der Waals surface area contributed by atoms with Crippen LogP contribution < -0.4 is 4.74 Å². The average molecular weight is 468 g/mol. The van der Waals surface area contributed by atoms with Crippen molar-refractivity contribution in [2.45, 2.75) is 19.4 Å². The zero-order valence-electron chi connectivity index (χ0n) is 17.0. The third-order valence-electron chi connectivity index (χ3n) is 5.46. The maximum absolute atomic E-state index is 12.5. The average Bonchev–Trinajstić information content (AvgIpc) is 2.78. The maximum atomic E-state index is 12.5. The fourth-order valence-electron chi connectivity index (χ4n) is 3.82. The van der Waals surface area contributed by atoms with E-state index in [0.29, 0.717) is 13.0 Å². The van der Waals surface area contributed by atoms with Crippen molar-refractivity contribution in [1.29, 1.82) is 0 Å². The van der Waals surface area contributed by atoms with Gasteiger partial charge in [0.1, 0.15) is 5.75 Å². The zero-order chi connectivity index (χ0) is 20.8. The summed E-state index contributed by atoms with van der Waals surface area (Å²) in [5.74, 6) is 1.04. The van der Waals surface area contributed by atoms with Crippen LogP contribution in [-0.2, 0) is 11.3 Å². The zero-order valence-corrected chi connectivity index (χ0v) is 18.6. The summed E-state index contributed by atoms with van der Waals surface area (Å²) in [5.41, 5.74) is 2.32. The number of halogens is 1. The highest BCUT2D eigenvalue weighted by Gasteiger charge is 2.21. The van der Waals surface area contributed by atoms with E-state index in [-0.39, 0.29) is 5.91 Å². The van der Waals surface area contributed by atoms with Crippen molar-refractivity contribution in [1.82, 2.24) is 14.8 Å². The van der Waals surface area contributed by atoms with Gasteiger partial charge >= 0.3 is 0 Å². The van der Waals surface area contributed by atoms with Crippen molar-refractivity contribution in [2.24, 2.45) is 0 Å². The summed E-state index contributed by atoms with van der Waals surface area (Å²) in [6.07, 6.45) is 3.10. The van der Waals surface area contributed by atoms with Crippen molar-refractivity contribution in [2.75, 3.05) is 32.8 Å². The van der Waals surface area contributed by atoms with Gasteiger partial charge in [-0.3, -0.25) is 14.7 Å². The standard InChI is InChI=1S/C24H26BrN3O2/c25-21-9-1-2-10-22(21)30-17-5-11-23(29)28-15-13-27(14-16-28)18-20-7-3-6-19-8-4-12-26-24(19)20/h1-4,6-10,12H,5,11,13-18H2. The van der Waals surface area contributed by atoms with Gasteiger partial charge in [-0.05, 0) is 46.1 Å². The number of hydrogen-bond donors (Lipinski definition) is 0. The molecule has 0 radical (unpaired) electrons. The molecule has 3 aromatic rings. The number of ether oxygens (including phenoxy) is 1. The lowest BCUT2D eigenvalue weighted by Crippen LogP contribution is -2.48. The third kappa shape index (κ3) is 5.18. The molecule has 4 rings (SSSR count). The molecule has 1 fully saturated rings. The summed E-state index contributed by atoms with van der Waals surface area (Å²) in [6.45, 7) is 4.76. The Kier molecular flexibility index (Phi) is 6.97. The molecule has 0 aliphatic carbocycles. The Hall–Kier alpha value is -2.44. The molecule has 5 nitrogen and oxygen atoms in total. The van der Waals surface area contributed by atoms with Crippen LogP contribution in [0.3, 0.4) is 0 Å². The van der Waals surface area contributed by atoms with E-state index < -0.39 is 0 Å². The minimum atomic E-state index is 0.220. The number of piperazine rings is 1. The topological polar surface area (TPSA) is 45.7 Å². The summed E-state index contributed by atoms with van der Waals surface area (Å²) in [5, 5.41) is 1.17. The first-order valence-corrected chi connectivity index (χ1v) is 11.2. The summed E-state index contributed by atoms with van der Waals surface area (Å²) >= 11 is 3.47. The summed E-state index contributed by atoms with van der Waals surface area (Å²) in [7, 11) is 0. The minimum Gasteiger partial charge on any atom is -0.492 e. The molecule has 6 heteroatoms. The van der Waals surface area contributed by atoms with Gasteiger partial charge in [0, 0.05) is 50.7 Å². The SMILES string of the molecule is O=C(CCCOc1ccccc1Br)N1CCN(Cc2cccc3cccnc23)CC1. The van der Waals surface area contributed by atoms with E-state index >= 15 is 0 Å². The Morgan fingerprint density at radius 2 is 1.80 bits per heavy atom. The van der Waals surface area contributed by atoms with Crippen molar-refractivity contribution >= 4 is 32.7 Å². The highest BCUT2D eigenvalue weighted by molar-refractivity contribution is 9.10. The molecule has 1 amide bonds. The molecule has 0 saturated carbocycles. The first-order valence-electron chi connectivity index (χ1n) is 10.4. The van der Waals surface area contributed by atoms with E-state index in [9.17, 15) is 4.79 Å². The molecule has 0 atom stereocenters. The molecular weight excluding hydrogens is 442 g/mol. The maximum Gasteiger partial charge on any atom is 0.222 e. The molecule has 0 bridgehead atoms. The van der Waals surface area contributed by atoms with Crippen LogP contribution in [0.25, 0.3) is 10.9 Å². The summed E-state index contributed by atoms with van der Waals surface area (Å²) in [4.78, 5) is 21.5. The van der Waals surface area contributed by atoms with Gasteiger partial charge in [-0.15, -0.1) is 0 Å². The van der Waals surface area contributed by atoms with Crippen LogP contribution >= 0.6 is 15.9 Å². The molecule has 2 aromatic carbocycles. The number of carbonyl (C=O) groups is 1. The molecule has 1 aliphatic heterocycles. The lowest BCUT2D eigenvalue weighted by molar-refractivity contribution is -0.133. The molecule has 1 saturated heterocycles. The number of hydrogen-bond acceptors (Lipinski definition) is 4. The molecular formula is C24H26BrN3O2. The quantitative estimate of drug-likeness (QED) is 0.479. The van der Waals surface area contributed by atoms with Crippen LogP contribution in [-0.4, -0.2) is 53.5 Å². The molecule has 30 heavy (non-hydrogen) atoms. The van der Waals surface area contributed by atoms with Crippen LogP contribution in [0.15, 0.2) is 65.3 Å². The van der Waals surface area contributed by atoms with E-state index in [1.807, 2.05) is 41.4 Å². The smallest absolute Gasteiger partial charge is 0.222 e. The predicted octanol–water partition coefficient (Wildman–Crippen LogP) is 4.50. The number of pyridine rings is 1. The largest absolute Gasteiger partial charge is 0.492 e. The molecule has 1 aliphatic rings. The molecule has 0 N–H and O–H groups in total. The van der Waals surface area contributed by atoms with Crippen LogP contribution in [0.5, 0.6) is 5.75 Å². The second-order valence-corrected chi connectivity index (χ2v) is 8.39. The molecule has 156 valence electrons. The van der Waals surface area contributed by atoms with E-state index in [1.165, 1.54) is 10.9 Å². The molecule has 2 heterocycles. The van der Waals surface area contributed by atoms with Gasteiger partial charge in [0.15, 0.2) is 0 Å². The van der Waals surface area contributed by atoms with E-state index in [4.69, 9.17) is 4.74 Å². The Morgan fingerprint density at radius 1 is 1.00 bits per heavy atom. The number of amides is 1. The van der Waals surface area contributed by atoms with Gasteiger partial charge in [0.2, 0.25) is 5.91 Å². The van der Waals surface area contributed by atoms with Crippen molar-refractivity contribution in [3.63, 3.8) is 0 Å². The van der Waals surface area contributed by atoms with Crippen LogP contribution in [0.1, 0.15) is 18.4 Å². The Bertz CT molecular complexity index is 997. The first kappa shape index (κ1) is 20.8. The number of benzene rings is 2. The Balaban J connectivity index is 1.21. The molecule has 0 spiro atoms. The predicted molar refractivity (Wildman–Crippen MR) is 122 cm³/mol. The van der Waals surface area contributed by atoms with Crippen LogP contribution in [0.2, 0.25) is 0 Å². The second kappa shape index (κ2) is 10.0. The lowest BCUT2D eigenvalue weighted by atomic mass is 10.1.